The predicted molar refractivity (Wildman–Crippen MR) is 237 cm³/mol. The Morgan fingerprint density at radius 2 is 1.09 bits per heavy atom. The summed E-state index contributed by atoms with van der Waals surface area (Å²) >= 11 is 0. The van der Waals surface area contributed by atoms with Gasteiger partial charge in [0.25, 0.3) is 10.1 Å². The molecule has 0 fully saturated rings. The van der Waals surface area contributed by atoms with Crippen LogP contribution in [0, 0.1) is 0 Å². The van der Waals surface area contributed by atoms with Gasteiger partial charge in [-0.1, -0.05) is 6.58 Å². The Morgan fingerprint density at radius 3 is 1.48 bits per heavy atom. The molecule has 378 valence electrons. The fraction of sp³-hybridized carbons (Fsp3) is 0.882. The topological polar surface area (TPSA) is 337 Å². The van der Waals surface area contributed by atoms with E-state index in [1.165, 1.54) is 26.2 Å². The van der Waals surface area contributed by atoms with E-state index in [0.717, 1.165) is 25.6 Å². The van der Waals surface area contributed by atoms with E-state index in [1.54, 1.807) is 0 Å². The third kappa shape index (κ3) is 47.4. The molecule has 0 aromatic carbocycles. The second-order valence-corrected chi connectivity index (χ2v) is 24.9. The minimum Gasteiger partial charge on any atom is -0.512 e. The first kappa shape index (κ1) is 70.9. The molecule has 30 heteroatoms. The molecular weight excluding hydrogens is 975 g/mol. The number of ether oxygens (including phenoxy) is 2. The molecule has 0 amide bonds. The largest absolute Gasteiger partial charge is 1.00 e. The zero-order valence-corrected chi connectivity index (χ0v) is 46.8. The van der Waals surface area contributed by atoms with Gasteiger partial charge in [-0.05, 0) is 59.4 Å². The minimum atomic E-state index is -4.00. The van der Waals surface area contributed by atoms with E-state index in [0.29, 0.717) is 65.2 Å². The zero-order valence-electron chi connectivity index (χ0n) is 39.0. The molecule has 0 heterocycles. The van der Waals surface area contributed by atoms with E-state index in [-0.39, 0.29) is 121 Å². The van der Waals surface area contributed by atoms with Crippen molar-refractivity contribution in [3.05, 3.63) is 12.3 Å². The van der Waals surface area contributed by atoms with Gasteiger partial charge in [0.05, 0.1) is 51.0 Å². The molecule has 0 spiro atoms. The zero-order chi connectivity index (χ0) is 49.0. The number of aliphatic carboxylic acids is 2. The van der Waals surface area contributed by atoms with Crippen molar-refractivity contribution in [3.8, 4) is 0 Å². The number of unbranched alkanes of at least 4 members (excludes halogenated alkanes) is 1. The normalized spacial score (nSPS) is 13.0. The number of carbonyl (C=O) groups is 2. The van der Waals surface area contributed by atoms with Crippen molar-refractivity contribution < 1.29 is 154 Å². The molecule has 0 aliphatic carbocycles. The summed E-state index contributed by atoms with van der Waals surface area (Å²) < 4.78 is 88.7. The van der Waals surface area contributed by atoms with Crippen molar-refractivity contribution >= 4 is 56.1 Å². The van der Waals surface area contributed by atoms with Crippen LogP contribution in [-0.4, -0.2) is 222 Å². The first-order valence-electron chi connectivity index (χ1n) is 20.3. The van der Waals surface area contributed by atoms with Gasteiger partial charge in [-0.3, -0.25) is 28.5 Å². The summed E-state index contributed by atoms with van der Waals surface area (Å²) in [5.74, 6) is -2.50. The van der Waals surface area contributed by atoms with Crippen LogP contribution in [0.5, 0.6) is 0 Å². The fourth-order valence-corrected chi connectivity index (χ4v) is 11.2. The van der Waals surface area contributed by atoms with Gasteiger partial charge >= 0.3 is 97.3 Å². The van der Waals surface area contributed by atoms with Gasteiger partial charge in [0.1, 0.15) is 0 Å². The Bertz CT molecular complexity index is 1310. The number of hydrogen-bond acceptors (Lipinski definition) is 20. The van der Waals surface area contributed by atoms with Crippen molar-refractivity contribution in [1.29, 1.82) is 0 Å². The molecule has 0 aromatic rings. The third-order valence-electron chi connectivity index (χ3n) is 7.91. The second-order valence-electron chi connectivity index (χ2n) is 13.6. The van der Waals surface area contributed by atoms with E-state index < -0.39 is 56.1 Å². The van der Waals surface area contributed by atoms with Crippen molar-refractivity contribution in [2.24, 2.45) is 0 Å². The van der Waals surface area contributed by atoms with Crippen LogP contribution in [0.3, 0.4) is 0 Å². The van der Waals surface area contributed by atoms with Gasteiger partial charge in [-0.25, -0.2) is 0 Å². The summed E-state index contributed by atoms with van der Waals surface area (Å²) in [7, 11) is -12.0. The van der Waals surface area contributed by atoms with Crippen molar-refractivity contribution in [2.45, 2.75) is 71.0 Å². The van der Waals surface area contributed by atoms with Crippen molar-refractivity contribution in [3.63, 3.8) is 0 Å². The van der Waals surface area contributed by atoms with Crippen LogP contribution in [0.15, 0.2) is 12.3 Å². The summed E-state index contributed by atoms with van der Waals surface area (Å²) in [6.45, 7) is 14.4. The standard InChI is InChI=1S/C15H30N2O8Si.C15H34O8SSi.C4H13O6PSi.K/c1-13(18)10-16(6-5-9-26(23-2,24-3)25-4)7-8-17(11-14(19)20)12-15(21)22;1-4-21-25(22-5-2,23-6-3)15-8-7-10-19-12-13-20-11-9-14-24(16,17)18;1-11(5,6)10-3-2-4-12(7,8)9;/h18H,1,5-12H2,2-4H3,(H,19,20)(H,21,22);4-15H2,1-3H3,(H,16,17,18);7-9H,2-4H2,1H3,(H,5,6);/q;;;+1. The van der Waals surface area contributed by atoms with Crippen molar-refractivity contribution in [2.75, 3.05) is 126 Å². The number of aliphatic hydroxyl groups is 1. The quantitative estimate of drug-likeness (QED) is 0.0112. The summed E-state index contributed by atoms with van der Waals surface area (Å²) in [4.78, 5) is 59.0. The maximum atomic E-state index is 10.9. The molecule has 0 aliphatic rings. The number of carboxylic acid groups (broad SMARTS) is 2. The molecule has 0 rings (SSSR count). The first-order valence-corrected chi connectivity index (χ1v) is 29.9. The molecule has 0 radical (unpaired) electrons. The van der Waals surface area contributed by atoms with Gasteiger partial charge in [-0.2, -0.15) is 8.42 Å². The number of rotatable bonds is 39. The molecule has 0 bridgehead atoms. The van der Waals surface area contributed by atoms with Crippen LogP contribution in [0.1, 0.15) is 52.9 Å². The average molecular weight is 1050 g/mol. The molecule has 0 aromatic heterocycles. The SMILES string of the molecule is C=C(O)CN(CCC[Si](OC)(OC)OC)CCN(CC(=O)O)CC(=O)O.CCO[Si](CCCCOCCOCCCS(=O)(=O)O)(OCC)OCC.CP(=O)(O)OCCC[Si](O)(O)O.[K+]. The molecule has 0 saturated carbocycles. The summed E-state index contributed by atoms with van der Waals surface area (Å²) in [6, 6.07) is 1.16. The average Bonchev–Trinajstić information content (AvgIpc) is 3.15. The number of nitrogens with zero attached hydrogens (tertiary/aromatic N) is 2. The van der Waals surface area contributed by atoms with Crippen molar-refractivity contribution in [1.82, 2.24) is 9.80 Å². The third-order valence-corrected chi connectivity index (χ3v) is 16.4. The van der Waals surface area contributed by atoms with Crippen LogP contribution in [-0.2, 0) is 64.8 Å². The van der Waals surface area contributed by atoms with E-state index in [2.05, 4.69) is 11.1 Å². The first-order chi connectivity index (χ1) is 29.3. The molecule has 1 unspecified atom stereocenters. The molecule has 24 nitrogen and oxygen atoms in total. The van der Waals surface area contributed by atoms with E-state index in [1.807, 2.05) is 25.7 Å². The maximum Gasteiger partial charge on any atom is 1.00 e. The van der Waals surface area contributed by atoms with Crippen LogP contribution >= 0.6 is 7.60 Å². The Hall–Kier alpha value is 0.307. The molecule has 0 saturated heterocycles. The number of hydrogen-bond donors (Lipinski definition) is 8. The Balaban J connectivity index is -0.000000445. The molecule has 64 heavy (non-hydrogen) atoms. The molecular formula is C34H77KN2O22PSSi3+. The van der Waals surface area contributed by atoms with Crippen LogP contribution in [0.25, 0.3) is 0 Å². The van der Waals surface area contributed by atoms with E-state index >= 15 is 0 Å². The number of carboxylic acids is 2. The Morgan fingerprint density at radius 1 is 0.641 bits per heavy atom. The second kappa shape index (κ2) is 41.1. The molecule has 8 N–H and O–H groups in total. The minimum absolute atomic E-state index is 0. The fourth-order valence-electron chi connectivity index (χ4n) is 5.24. The molecule has 1 atom stereocenters. The summed E-state index contributed by atoms with van der Waals surface area (Å²) in [6.07, 6.45) is 2.87. The molecule has 0 aliphatic heterocycles. The summed E-state index contributed by atoms with van der Waals surface area (Å²) in [5.41, 5.74) is 0. The van der Waals surface area contributed by atoms with E-state index in [9.17, 15) is 27.7 Å². The smallest absolute Gasteiger partial charge is 0.512 e. The number of aliphatic hydroxyl groups excluding tert-OH is 1. The predicted octanol–water partition coefficient (Wildman–Crippen LogP) is -1.65. The van der Waals surface area contributed by atoms with Gasteiger partial charge in [0.2, 0.25) is 0 Å². The van der Waals surface area contributed by atoms with Gasteiger partial charge < -0.3 is 75.2 Å². The Labute approximate surface area is 425 Å². The monoisotopic (exact) mass is 1050 g/mol. The van der Waals surface area contributed by atoms with Crippen LogP contribution in [0.2, 0.25) is 18.1 Å². The van der Waals surface area contributed by atoms with Gasteiger partial charge in [0.15, 0.2) is 0 Å². The van der Waals surface area contributed by atoms with Gasteiger partial charge in [0, 0.05) is 92.3 Å². The summed E-state index contributed by atoms with van der Waals surface area (Å²) in [5, 5.41) is 27.2. The van der Waals surface area contributed by atoms with Gasteiger partial charge in [-0.15, -0.1) is 0 Å². The maximum absolute atomic E-state index is 10.9. The van der Waals surface area contributed by atoms with E-state index in [4.69, 9.17) is 70.1 Å². The Kier molecular flexibility index (Phi) is 45.5. The van der Waals surface area contributed by atoms with Crippen LogP contribution in [0.4, 0.5) is 0 Å². The van der Waals surface area contributed by atoms with Crippen LogP contribution < -0.4 is 51.4 Å².